The Bertz CT molecular complexity index is 1670. The molecule has 44 heavy (non-hydrogen) atoms. The highest BCUT2D eigenvalue weighted by atomic mass is 32.1. The van der Waals surface area contributed by atoms with Crippen molar-refractivity contribution in [3.63, 3.8) is 0 Å². The molecule has 0 aliphatic heterocycles. The summed E-state index contributed by atoms with van der Waals surface area (Å²) >= 11 is 1.65. The van der Waals surface area contributed by atoms with E-state index in [1.165, 1.54) is 12.0 Å². The molecule has 5 atom stereocenters. The number of methoxy groups -OCH3 is 1. The highest BCUT2D eigenvalue weighted by molar-refractivity contribution is 7.13. The highest BCUT2D eigenvalue weighted by Gasteiger charge is 2.89. The van der Waals surface area contributed by atoms with Gasteiger partial charge in [0.15, 0.2) is 5.13 Å². The summed E-state index contributed by atoms with van der Waals surface area (Å²) in [5.41, 5.74) is 8.18. The molecule has 1 aromatic carbocycles. The summed E-state index contributed by atoms with van der Waals surface area (Å²) < 4.78 is 5.38. The molecule has 5 nitrogen and oxygen atoms in total. The minimum atomic E-state index is -0.126. The Morgan fingerprint density at radius 2 is 1.95 bits per heavy atom. The molecule has 4 aliphatic carbocycles. The molecule has 2 saturated carbocycles. The van der Waals surface area contributed by atoms with Crippen LogP contribution in [-0.4, -0.2) is 24.5 Å². The van der Waals surface area contributed by atoms with Gasteiger partial charge in [0, 0.05) is 22.9 Å². The molecule has 4 aliphatic rings. The van der Waals surface area contributed by atoms with E-state index in [2.05, 4.69) is 71.2 Å². The van der Waals surface area contributed by atoms with Crippen LogP contribution in [0.5, 0.6) is 0 Å². The fraction of sp³-hybridized carbons (Fsp3) is 0.368. The lowest BCUT2D eigenvalue weighted by Gasteiger charge is -2.42. The topological polar surface area (TPSA) is 63.2 Å². The molecule has 1 heterocycles. The van der Waals surface area contributed by atoms with E-state index in [4.69, 9.17) is 9.72 Å². The van der Waals surface area contributed by atoms with Crippen LogP contribution in [0.15, 0.2) is 107 Å². The van der Waals surface area contributed by atoms with Gasteiger partial charge in [0.2, 0.25) is 0 Å². The van der Waals surface area contributed by atoms with Crippen LogP contribution in [0.25, 0.3) is 5.57 Å². The van der Waals surface area contributed by atoms with Crippen molar-refractivity contribution in [2.75, 3.05) is 19.0 Å². The van der Waals surface area contributed by atoms with Gasteiger partial charge in [-0.25, -0.2) is 4.98 Å². The van der Waals surface area contributed by atoms with Crippen LogP contribution in [0.2, 0.25) is 0 Å². The standard InChI is InChI=1S/C38H43N3O2S/c1-7-14-33(43-6)26(5)40-35(42)27(8-2)20-19-24(3)32-22-44-36(41-32)39-23-37-21-31-29-17-13-12-16-28(29)30-18-11-9-10-15-25(4)34(37)38(30,31)37/h7,9-17,19-20,22,30-31,34H,4,8,18,21,23H2,1-3,5-6H3,(H,39,41)(H,40,42)/b11-9-,14-7-,15-10-,24-19+,27-20+,33-26-. The number of hydrogen-bond donors (Lipinski definition) is 2. The third-order valence-electron chi connectivity index (χ3n) is 10.5. The number of allylic oxidation sites excluding steroid dienone is 11. The Balaban J connectivity index is 1.16. The minimum absolute atomic E-state index is 0.126. The lowest BCUT2D eigenvalue weighted by atomic mass is 9.61. The van der Waals surface area contributed by atoms with Crippen LogP contribution in [0.4, 0.5) is 5.13 Å². The van der Waals surface area contributed by atoms with Gasteiger partial charge >= 0.3 is 0 Å². The van der Waals surface area contributed by atoms with E-state index in [1.54, 1.807) is 29.6 Å². The van der Waals surface area contributed by atoms with Crippen LogP contribution in [0, 0.1) is 16.7 Å². The molecular weight excluding hydrogens is 563 g/mol. The van der Waals surface area contributed by atoms with Gasteiger partial charge in [-0.3, -0.25) is 4.79 Å². The lowest BCUT2D eigenvalue weighted by molar-refractivity contribution is -0.117. The van der Waals surface area contributed by atoms with Crippen LogP contribution < -0.4 is 10.6 Å². The number of aromatic nitrogens is 1. The van der Waals surface area contributed by atoms with Crippen molar-refractivity contribution in [1.29, 1.82) is 0 Å². The Hall–Kier alpha value is -3.90. The summed E-state index contributed by atoms with van der Waals surface area (Å²) in [6.45, 7) is 13.3. The predicted molar refractivity (Wildman–Crippen MR) is 182 cm³/mol. The van der Waals surface area contributed by atoms with Crippen LogP contribution in [0.3, 0.4) is 0 Å². The van der Waals surface area contributed by atoms with E-state index in [-0.39, 0.29) is 16.7 Å². The van der Waals surface area contributed by atoms with E-state index in [1.807, 2.05) is 52.0 Å². The molecule has 0 radical (unpaired) electrons. The summed E-state index contributed by atoms with van der Waals surface area (Å²) in [4.78, 5) is 17.9. The smallest absolute Gasteiger partial charge is 0.251 e. The average molecular weight is 606 g/mol. The van der Waals surface area contributed by atoms with Crippen molar-refractivity contribution < 1.29 is 9.53 Å². The molecule has 0 bridgehead atoms. The molecule has 1 amide bonds. The number of fused-ring (bicyclic) bond motifs is 4. The quantitative estimate of drug-likeness (QED) is 0.161. The van der Waals surface area contributed by atoms with Crippen molar-refractivity contribution in [3.8, 4) is 0 Å². The number of thiazole rings is 1. The maximum absolute atomic E-state index is 12.9. The van der Waals surface area contributed by atoms with Crippen molar-refractivity contribution >= 4 is 27.9 Å². The van der Waals surface area contributed by atoms with Crippen LogP contribution in [-0.2, 0) is 9.53 Å². The second kappa shape index (κ2) is 11.9. The summed E-state index contributed by atoms with van der Waals surface area (Å²) in [6.07, 6.45) is 19.5. The Labute approximate surface area is 265 Å². The van der Waals surface area contributed by atoms with E-state index in [0.717, 1.165) is 29.4 Å². The molecule has 0 saturated heterocycles. The molecule has 1 spiro atoms. The Morgan fingerprint density at radius 1 is 1.18 bits per heavy atom. The summed E-state index contributed by atoms with van der Waals surface area (Å²) in [6, 6.07) is 9.15. The average Bonchev–Trinajstić information content (AvgIpc) is 3.33. The first kappa shape index (κ1) is 30.1. The van der Waals surface area contributed by atoms with Crippen molar-refractivity contribution in [2.24, 2.45) is 16.7 Å². The highest BCUT2D eigenvalue weighted by Crippen LogP contribution is 2.95. The van der Waals surface area contributed by atoms with Gasteiger partial charge in [-0.1, -0.05) is 85.9 Å². The summed E-state index contributed by atoms with van der Waals surface area (Å²) in [5.74, 6) is 2.15. The molecule has 6 heteroatoms. The van der Waals surface area contributed by atoms with Gasteiger partial charge in [-0.2, -0.15) is 0 Å². The number of carbonyl (C=O) groups is 1. The molecule has 5 unspecified atom stereocenters. The van der Waals surface area contributed by atoms with Crippen molar-refractivity contribution in [2.45, 2.75) is 58.8 Å². The van der Waals surface area contributed by atoms with Gasteiger partial charge in [0.05, 0.1) is 18.5 Å². The molecule has 1 aromatic heterocycles. The maximum Gasteiger partial charge on any atom is 0.251 e. The second-order valence-electron chi connectivity index (χ2n) is 12.5. The van der Waals surface area contributed by atoms with Gasteiger partial charge in [0.1, 0.15) is 5.76 Å². The molecule has 2 N–H and O–H groups in total. The van der Waals surface area contributed by atoms with Gasteiger partial charge in [-0.05, 0) is 86.0 Å². The number of nitrogens with one attached hydrogen (secondary N) is 2. The first-order chi connectivity index (χ1) is 21.3. The maximum atomic E-state index is 12.9. The van der Waals surface area contributed by atoms with Gasteiger partial charge < -0.3 is 15.4 Å². The Morgan fingerprint density at radius 3 is 2.68 bits per heavy atom. The Kier molecular flexibility index (Phi) is 8.14. The normalized spacial score (nSPS) is 30.5. The minimum Gasteiger partial charge on any atom is -0.495 e. The number of benzene rings is 1. The number of carbonyl (C=O) groups excluding carboxylic acids is 1. The SMILES string of the molecule is C=C1/C=C\C=C/CC2c3ccccc3C3CC4(CNc5nc(/C(C)=C/C=C(\CC)C(=O)N/C(C)=C(/C=C\C)OC)cs5)C1C234. The third-order valence-corrected chi connectivity index (χ3v) is 11.3. The zero-order valence-electron chi connectivity index (χ0n) is 26.4. The number of anilines is 1. The van der Waals surface area contributed by atoms with E-state index >= 15 is 0 Å². The van der Waals surface area contributed by atoms with Crippen LogP contribution >= 0.6 is 11.3 Å². The number of rotatable bonds is 10. The predicted octanol–water partition coefficient (Wildman–Crippen LogP) is 8.82. The van der Waals surface area contributed by atoms with E-state index in [9.17, 15) is 4.79 Å². The molecule has 6 rings (SSSR count). The lowest BCUT2D eigenvalue weighted by Crippen LogP contribution is -2.38. The van der Waals surface area contributed by atoms with E-state index in [0.29, 0.717) is 41.2 Å². The number of nitrogens with zero attached hydrogens (tertiary/aromatic N) is 1. The largest absolute Gasteiger partial charge is 0.495 e. The number of amides is 1. The molecular formula is C38H43N3O2S. The first-order valence-corrected chi connectivity index (χ1v) is 16.6. The number of ether oxygens (including phenoxy) is 1. The van der Waals surface area contributed by atoms with Gasteiger partial charge in [0.25, 0.3) is 5.91 Å². The molecule has 2 aromatic rings. The van der Waals surface area contributed by atoms with Crippen molar-refractivity contribution in [3.05, 3.63) is 124 Å². The van der Waals surface area contributed by atoms with E-state index < -0.39 is 0 Å². The molecule has 2 fully saturated rings. The van der Waals surface area contributed by atoms with Crippen LogP contribution in [0.1, 0.15) is 75.6 Å². The fourth-order valence-corrected chi connectivity index (χ4v) is 9.35. The molecule has 228 valence electrons. The zero-order valence-corrected chi connectivity index (χ0v) is 27.3. The van der Waals surface area contributed by atoms with Crippen molar-refractivity contribution in [1.82, 2.24) is 10.3 Å². The zero-order chi connectivity index (χ0) is 31.1. The summed E-state index contributed by atoms with van der Waals surface area (Å²) in [7, 11) is 1.60. The third kappa shape index (κ3) is 4.66. The number of hydrogen-bond acceptors (Lipinski definition) is 5. The monoisotopic (exact) mass is 605 g/mol. The fourth-order valence-electron chi connectivity index (χ4n) is 8.58. The van der Waals surface area contributed by atoms with Gasteiger partial charge in [-0.15, -0.1) is 11.3 Å². The first-order valence-electron chi connectivity index (χ1n) is 15.7. The summed E-state index contributed by atoms with van der Waals surface area (Å²) in [5, 5.41) is 9.77. The second-order valence-corrected chi connectivity index (χ2v) is 13.4.